The summed E-state index contributed by atoms with van der Waals surface area (Å²) in [5.74, 6) is -0.740. The number of amides is 3. The highest BCUT2D eigenvalue weighted by Crippen LogP contribution is 2.37. The molecule has 3 fully saturated rings. The molecule has 8 nitrogen and oxygen atoms in total. The number of benzene rings is 1. The Labute approximate surface area is 221 Å². The Bertz CT molecular complexity index is 1190. The van der Waals surface area contributed by atoms with Gasteiger partial charge in [0.15, 0.2) is 5.78 Å². The molecule has 3 amide bonds. The monoisotopic (exact) mass is 522 g/mol. The molecule has 37 heavy (non-hydrogen) atoms. The van der Waals surface area contributed by atoms with Crippen LogP contribution in [0, 0.1) is 5.92 Å². The molecule has 1 saturated carbocycles. The van der Waals surface area contributed by atoms with Gasteiger partial charge in [-0.2, -0.15) is 0 Å². The van der Waals surface area contributed by atoms with Crippen LogP contribution in [0.3, 0.4) is 0 Å². The molecule has 0 bridgehead atoms. The summed E-state index contributed by atoms with van der Waals surface area (Å²) in [5.41, 5.74) is 6.90. The summed E-state index contributed by atoms with van der Waals surface area (Å²) in [4.78, 5) is 57.3. The van der Waals surface area contributed by atoms with Gasteiger partial charge in [-0.15, -0.1) is 11.3 Å². The van der Waals surface area contributed by atoms with E-state index in [9.17, 15) is 19.2 Å². The largest absolute Gasteiger partial charge is 0.340 e. The summed E-state index contributed by atoms with van der Waals surface area (Å²) in [6.07, 6.45) is 3.17. The van der Waals surface area contributed by atoms with Crippen molar-refractivity contribution in [1.29, 1.82) is 0 Å². The first-order chi connectivity index (χ1) is 17.7. The molecule has 1 aliphatic carbocycles. The van der Waals surface area contributed by atoms with Crippen molar-refractivity contribution in [2.75, 3.05) is 13.1 Å². The third kappa shape index (κ3) is 4.82. The number of hydrogen-bond acceptors (Lipinski definition) is 6. The van der Waals surface area contributed by atoms with Crippen LogP contribution in [0.15, 0.2) is 41.8 Å². The Balaban J connectivity index is 1.29. The molecule has 3 N–H and O–H groups in total. The Hall–Kier alpha value is -3.04. The van der Waals surface area contributed by atoms with Gasteiger partial charge in [0.05, 0.1) is 18.1 Å². The predicted octanol–water partition coefficient (Wildman–Crippen LogP) is 2.82. The average molecular weight is 523 g/mol. The van der Waals surface area contributed by atoms with Gasteiger partial charge in [-0.3, -0.25) is 19.2 Å². The van der Waals surface area contributed by atoms with E-state index in [1.54, 1.807) is 33.3 Å². The SMILES string of the molecule is CC(C)CC(NC(=O)c1ccc(-c2cccs2)cc1)C(=O)N1CCC2C1C(=O)CN2C(=O)C1(N)CCC1. The third-order valence-electron chi connectivity index (χ3n) is 7.90. The molecule has 0 spiro atoms. The van der Waals surface area contributed by atoms with E-state index < -0.39 is 17.6 Å². The zero-order chi connectivity index (χ0) is 26.3. The molecule has 2 aliphatic heterocycles. The first-order valence-corrected chi connectivity index (χ1v) is 13.9. The van der Waals surface area contributed by atoms with Gasteiger partial charge in [0.25, 0.3) is 5.91 Å². The van der Waals surface area contributed by atoms with Crippen molar-refractivity contribution in [3.63, 3.8) is 0 Å². The van der Waals surface area contributed by atoms with Crippen LogP contribution < -0.4 is 11.1 Å². The van der Waals surface area contributed by atoms with Gasteiger partial charge < -0.3 is 20.9 Å². The number of likely N-dealkylation sites (tertiary alicyclic amines) is 2. The molecule has 3 atom stereocenters. The lowest BCUT2D eigenvalue weighted by molar-refractivity contribution is -0.141. The van der Waals surface area contributed by atoms with Crippen molar-refractivity contribution in [3.05, 3.63) is 47.3 Å². The van der Waals surface area contributed by atoms with Crippen LogP contribution in [0.25, 0.3) is 10.4 Å². The van der Waals surface area contributed by atoms with Crippen molar-refractivity contribution >= 4 is 34.8 Å². The van der Waals surface area contributed by atoms with Gasteiger partial charge >= 0.3 is 0 Å². The minimum atomic E-state index is -0.875. The van der Waals surface area contributed by atoms with Crippen molar-refractivity contribution in [2.45, 2.75) is 69.6 Å². The van der Waals surface area contributed by atoms with E-state index in [1.807, 2.05) is 43.5 Å². The topological polar surface area (TPSA) is 113 Å². The lowest BCUT2D eigenvalue weighted by atomic mass is 9.76. The fourth-order valence-electron chi connectivity index (χ4n) is 5.76. The molecule has 3 heterocycles. The third-order valence-corrected chi connectivity index (χ3v) is 8.82. The quantitative estimate of drug-likeness (QED) is 0.581. The second-order valence-electron chi connectivity index (χ2n) is 11.0. The predicted molar refractivity (Wildman–Crippen MR) is 142 cm³/mol. The normalized spacial score (nSPS) is 23.1. The molecule has 5 rings (SSSR count). The maximum atomic E-state index is 13.7. The highest BCUT2D eigenvalue weighted by atomic mass is 32.1. The van der Waals surface area contributed by atoms with E-state index in [0.29, 0.717) is 37.8 Å². The van der Waals surface area contributed by atoms with Crippen molar-refractivity contribution in [2.24, 2.45) is 11.7 Å². The molecule has 2 saturated heterocycles. The first-order valence-electron chi connectivity index (χ1n) is 13.1. The van der Waals surface area contributed by atoms with E-state index in [2.05, 4.69) is 5.32 Å². The fourth-order valence-corrected chi connectivity index (χ4v) is 6.49. The lowest BCUT2D eigenvalue weighted by Crippen LogP contribution is -2.60. The van der Waals surface area contributed by atoms with Gasteiger partial charge in [-0.05, 0) is 67.2 Å². The number of carbonyl (C=O) groups is 4. The highest BCUT2D eigenvalue weighted by Gasteiger charge is 2.55. The smallest absolute Gasteiger partial charge is 0.251 e. The number of thiophene rings is 1. The zero-order valence-electron chi connectivity index (χ0n) is 21.3. The first kappa shape index (κ1) is 25.6. The maximum absolute atomic E-state index is 13.7. The van der Waals surface area contributed by atoms with Gasteiger partial charge in [0, 0.05) is 17.0 Å². The summed E-state index contributed by atoms with van der Waals surface area (Å²) in [6, 6.07) is 9.58. The Morgan fingerprint density at radius 3 is 2.46 bits per heavy atom. The second-order valence-corrected chi connectivity index (χ2v) is 11.9. The number of nitrogens with one attached hydrogen (secondary N) is 1. The van der Waals surface area contributed by atoms with E-state index in [4.69, 9.17) is 5.73 Å². The molecule has 1 aromatic heterocycles. The summed E-state index contributed by atoms with van der Waals surface area (Å²) in [5, 5.41) is 4.93. The fraction of sp³-hybridized carbons (Fsp3) is 0.500. The number of hydrogen-bond donors (Lipinski definition) is 2. The minimum absolute atomic E-state index is 0.00527. The average Bonchev–Trinajstić information content (AvgIpc) is 3.60. The number of rotatable bonds is 7. The molecular formula is C28H34N4O4S. The second kappa shape index (κ2) is 10.0. The Morgan fingerprint density at radius 1 is 1.14 bits per heavy atom. The van der Waals surface area contributed by atoms with E-state index in [-0.39, 0.29) is 42.0 Å². The van der Waals surface area contributed by atoms with E-state index in [0.717, 1.165) is 16.9 Å². The standard InChI is InChI=1S/C28H34N4O4S/c1-17(2)15-20(30-25(34)19-8-6-18(7-9-19)23-5-3-14-37-23)26(35)31-13-10-21-24(31)22(33)16-32(21)27(36)28(29)11-4-12-28/h3,5-9,14,17,20-21,24H,4,10-13,15-16,29H2,1-2H3,(H,30,34). The van der Waals surface area contributed by atoms with Crippen molar-refractivity contribution in [1.82, 2.24) is 15.1 Å². The summed E-state index contributed by atoms with van der Waals surface area (Å²) < 4.78 is 0. The Kier molecular flexibility index (Phi) is 6.93. The molecule has 1 aromatic carbocycles. The van der Waals surface area contributed by atoms with Gasteiger partial charge in [-0.25, -0.2) is 0 Å². The van der Waals surface area contributed by atoms with Crippen molar-refractivity contribution in [3.8, 4) is 10.4 Å². The Morgan fingerprint density at radius 2 is 1.86 bits per heavy atom. The summed E-state index contributed by atoms with van der Waals surface area (Å²) in [7, 11) is 0. The van der Waals surface area contributed by atoms with Crippen LogP contribution in [0.1, 0.15) is 56.3 Å². The van der Waals surface area contributed by atoms with Gasteiger partial charge in [-0.1, -0.05) is 32.0 Å². The maximum Gasteiger partial charge on any atom is 0.251 e. The van der Waals surface area contributed by atoms with Gasteiger partial charge in [0.2, 0.25) is 11.8 Å². The molecule has 0 radical (unpaired) electrons. The van der Waals surface area contributed by atoms with E-state index in [1.165, 1.54) is 0 Å². The number of nitrogens with two attached hydrogens (primary N) is 1. The van der Waals surface area contributed by atoms with Gasteiger partial charge in [0.1, 0.15) is 12.1 Å². The molecule has 2 aromatic rings. The molecule has 3 unspecified atom stereocenters. The molecular weight excluding hydrogens is 488 g/mol. The van der Waals surface area contributed by atoms with Crippen molar-refractivity contribution < 1.29 is 19.2 Å². The van der Waals surface area contributed by atoms with Crippen LogP contribution in [-0.2, 0) is 14.4 Å². The highest BCUT2D eigenvalue weighted by molar-refractivity contribution is 7.13. The van der Waals surface area contributed by atoms with Crippen LogP contribution in [0.2, 0.25) is 0 Å². The van der Waals surface area contributed by atoms with Crippen LogP contribution in [-0.4, -0.2) is 70.1 Å². The number of fused-ring (bicyclic) bond motifs is 1. The zero-order valence-corrected chi connectivity index (χ0v) is 22.1. The number of carbonyl (C=O) groups excluding carboxylic acids is 4. The van der Waals surface area contributed by atoms with Crippen LogP contribution in [0.5, 0.6) is 0 Å². The lowest BCUT2D eigenvalue weighted by Gasteiger charge is -2.40. The number of ketones is 1. The molecule has 9 heteroatoms. The van der Waals surface area contributed by atoms with Crippen LogP contribution in [0.4, 0.5) is 0 Å². The number of Topliss-reactive ketones (excluding diaryl/α,β-unsaturated/α-hetero) is 1. The summed E-state index contributed by atoms with van der Waals surface area (Å²) in [6.45, 7) is 4.36. The summed E-state index contributed by atoms with van der Waals surface area (Å²) >= 11 is 1.63. The van der Waals surface area contributed by atoms with Crippen LogP contribution >= 0.6 is 11.3 Å². The molecule has 3 aliphatic rings. The van der Waals surface area contributed by atoms with E-state index >= 15 is 0 Å². The number of nitrogens with zero attached hydrogens (tertiary/aromatic N) is 2. The molecule has 196 valence electrons. The minimum Gasteiger partial charge on any atom is -0.340 e.